The summed E-state index contributed by atoms with van der Waals surface area (Å²) in [6.45, 7) is 4.11. The number of likely N-dealkylation sites (tertiary alicyclic amines) is 1. The third kappa shape index (κ3) is 3.77. The lowest BCUT2D eigenvalue weighted by Crippen LogP contribution is -2.33. The quantitative estimate of drug-likeness (QED) is 0.933. The summed E-state index contributed by atoms with van der Waals surface area (Å²) >= 11 is 0. The normalized spacial score (nSPS) is 23.1. The van der Waals surface area contributed by atoms with E-state index in [1.165, 1.54) is 11.1 Å². The van der Waals surface area contributed by atoms with E-state index in [1.807, 2.05) is 6.07 Å². The molecule has 0 spiro atoms. The first-order valence-corrected chi connectivity index (χ1v) is 9.42. The van der Waals surface area contributed by atoms with Crippen LogP contribution in [0.2, 0.25) is 0 Å². The SMILES string of the molecule is O=C(Cc1ccc(-c2ccccc2)cc1)N1CC[C@@H]2CNC[C@@H]2CC1. The molecular formula is C22H26N2O. The zero-order valence-corrected chi connectivity index (χ0v) is 14.7. The second-order valence-corrected chi connectivity index (χ2v) is 7.38. The number of hydrogen-bond acceptors (Lipinski definition) is 2. The largest absolute Gasteiger partial charge is 0.342 e. The highest BCUT2D eigenvalue weighted by Crippen LogP contribution is 2.27. The van der Waals surface area contributed by atoms with Crippen molar-refractivity contribution in [3.05, 3.63) is 60.2 Å². The van der Waals surface area contributed by atoms with E-state index in [0.29, 0.717) is 6.42 Å². The van der Waals surface area contributed by atoms with Gasteiger partial charge in [-0.3, -0.25) is 4.79 Å². The Hall–Kier alpha value is -2.13. The van der Waals surface area contributed by atoms with Crippen molar-refractivity contribution in [1.82, 2.24) is 10.2 Å². The van der Waals surface area contributed by atoms with E-state index in [0.717, 1.165) is 56.4 Å². The molecule has 0 aromatic heterocycles. The molecule has 0 bridgehead atoms. The van der Waals surface area contributed by atoms with E-state index in [4.69, 9.17) is 0 Å². The molecule has 2 heterocycles. The Morgan fingerprint density at radius 2 is 1.48 bits per heavy atom. The average molecular weight is 334 g/mol. The van der Waals surface area contributed by atoms with Gasteiger partial charge in [-0.2, -0.15) is 0 Å². The molecule has 2 atom stereocenters. The number of benzene rings is 2. The summed E-state index contributed by atoms with van der Waals surface area (Å²) in [6.07, 6.45) is 2.81. The van der Waals surface area contributed by atoms with Crippen LogP contribution >= 0.6 is 0 Å². The zero-order valence-electron chi connectivity index (χ0n) is 14.7. The molecule has 4 rings (SSSR count). The summed E-state index contributed by atoms with van der Waals surface area (Å²) in [5.41, 5.74) is 3.52. The molecule has 2 aliphatic rings. The van der Waals surface area contributed by atoms with E-state index in [2.05, 4.69) is 58.7 Å². The lowest BCUT2D eigenvalue weighted by atomic mass is 9.92. The van der Waals surface area contributed by atoms with Gasteiger partial charge in [0.1, 0.15) is 0 Å². The predicted molar refractivity (Wildman–Crippen MR) is 101 cm³/mol. The first kappa shape index (κ1) is 16.3. The Balaban J connectivity index is 1.37. The van der Waals surface area contributed by atoms with Crippen molar-refractivity contribution in [3.63, 3.8) is 0 Å². The van der Waals surface area contributed by atoms with Gasteiger partial charge in [0, 0.05) is 13.1 Å². The maximum absolute atomic E-state index is 12.7. The van der Waals surface area contributed by atoms with Gasteiger partial charge in [0.05, 0.1) is 6.42 Å². The molecule has 25 heavy (non-hydrogen) atoms. The standard InChI is InChI=1S/C22H26N2O/c25-22(24-12-10-20-15-23-16-21(20)11-13-24)14-17-6-8-19(9-7-17)18-4-2-1-3-5-18/h1-9,20-21,23H,10-16H2/t20-,21+. The van der Waals surface area contributed by atoms with E-state index in [9.17, 15) is 4.79 Å². The highest BCUT2D eigenvalue weighted by molar-refractivity contribution is 5.79. The maximum atomic E-state index is 12.7. The first-order valence-electron chi connectivity index (χ1n) is 9.42. The number of nitrogens with one attached hydrogen (secondary N) is 1. The smallest absolute Gasteiger partial charge is 0.226 e. The van der Waals surface area contributed by atoms with Gasteiger partial charge in [-0.05, 0) is 54.5 Å². The minimum Gasteiger partial charge on any atom is -0.342 e. The van der Waals surface area contributed by atoms with E-state index in [-0.39, 0.29) is 5.91 Å². The molecule has 0 aliphatic carbocycles. The average Bonchev–Trinajstić information content (AvgIpc) is 3.01. The summed E-state index contributed by atoms with van der Waals surface area (Å²) < 4.78 is 0. The third-order valence-corrected chi connectivity index (χ3v) is 5.79. The number of rotatable bonds is 3. The van der Waals surface area contributed by atoms with Gasteiger partial charge in [-0.1, -0.05) is 54.6 Å². The van der Waals surface area contributed by atoms with Crippen LogP contribution in [0.1, 0.15) is 18.4 Å². The summed E-state index contributed by atoms with van der Waals surface area (Å²) in [5, 5.41) is 3.49. The van der Waals surface area contributed by atoms with Gasteiger partial charge in [0.25, 0.3) is 0 Å². The molecule has 2 aromatic rings. The highest BCUT2D eigenvalue weighted by Gasteiger charge is 2.31. The Bertz CT molecular complexity index is 697. The molecule has 3 heteroatoms. The molecule has 2 aliphatic heterocycles. The summed E-state index contributed by atoms with van der Waals surface area (Å²) in [7, 11) is 0. The van der Waals surface area contributed by atoms with Crippen molar-refractivity contribution in [1.29, 1.82) is 0 Å². The first-order chi connectivity index (χ1) is 12.3. The number of hydrogen-bond donors (Lipinski definition) is 1. The number of carbonyl (C=O) groups excluding carboxylic acids is 1. The summed E-state index contributed by atoms with van der Waals surface area (Å²) in [5.74, 6) is 1.81. The Morgan fingerprint density at radius 1 is 0.880 bits per heavy atom. The number of fused-ring (bicyclic) bond motifs is 1. The maximum Gasteiger partial charge on any atom is 0.226 e. The van der Waals surface area contributed by atoms with Crippen molar-refractivity contribution in [2.75, 3.05) is 26.2 Å². The fourth-order valence-corrected chi connectivity index (χ4v) is 4.20. The van der Waals surface area contributed by atoms with Crippen LogP contribution in [0, 0.1) is 11.8 Å². The highest BCUT2D eigenvalue weighted by atomic mass is 16.2. The van der Waals surface area contributed by atoms with Crippen LogP contribution in [0.4, 0.5) is 0 Å². The Kier molecular flexibility index (Phi) is 4.84. The number of carbonyl (C=O) groups is 1. The van der Waals surface area contributed by atoms with Crippen molar-refractivity contribution in [2.45, 2.75) is 19.3 Å². The molecule has 0 saturated carbocycles. The summed E-state index contributed by atoms with van der Waals surface area (Å²) in [4.78, 5) is 14.8. The van der Waals surface area contributed by atoms with Crippen LogP contribution in [0.3, 0.4) is 0 Å². The molecule has 2 fully saturated rings. The van der Waals surface area contributed by atoms with Gasteiger partial charge in [-0.15, -0.1) is 0 Å². The van der Waals surface area contributed by atoms with Gasteiger partial charge >= 0.3 is 0 Å². The fourth-order valence-electron chi connectivity index (χ4n) is 4.20. The van der Waals surface area contributed by atoms with Crippen LogP contribution in [0.15, 0.2) is 54.6 Å². The molecule has 0 radical (unpaired) electrons. The molecule has 130 valence electrons. The van der Waals surface area contributed by atoms with Crippen LogP contribution in [0.25, 0.3) is 11.1 Å². The van der Waals surface area contributed by atoms with Crippen molar-refractivity contribution in [2.24, 2.45) is 11.8 Å². The third-order valence-electron chi connectivity index (χ3n) is 5.79. The topological polar surface area (TPSA) is 32.3 Å². The predicted octanol–water partition coefficient (Wildman–Crippen LogP) is 3.35. The van der Waals surface area contributed by atoms with Crippen molar-refractivity contribution < 1.29 is 4.79 Å². The van der Waals surface area contributed by atoms with Crippen LogP contribution < -0.4 is 5.32 Å². The molecule has 3 nitrogen and oxygen atoms in total. The van der Waals surface area contributed by atoms with E-state index < -0.39 is 0 Å². The lowest BCUT2D eigenvalue weighted by Gasteiger charge is -2.21. The van der Waals surface area contributed by atoms with Crippen LogP contribution in [-0.4, -0.2) is 37.0 Å². The van der Waals surface area contributed by atoms with Gasteiger partial charge in [-0.25, -0.2) is 0 Å². The molecule has 2 aromatic carbocycles. The Labute approximate surface area is 150 Å². The number of amides is 1. The van der Waals surface area contributed by atoms with Crippen LogP contribution in [0.5, 0.6) is 0 Å². The Morgan fingerprint density at radius 3 is 2.12 bits per heavy atom. The second kappa shape index (κ2) is 7.40. The molecule has 0 unspecified atom stereocenters. The van der Waals surface area contributed by atoms with Gasteiger partial charge in [0.15, 0.2) is 0 Å². The van der Waals surface area contributed by atoms with Gasteiger partial charge < -0.3 is 10.2 Å². The second-order valence-electron chi connectivity index (χ2n) is 7.38. The van der Waals surface area contributed by atoms with Crippen molar-refractivity contribution in [3.8, 4) is 11.1 Å². The molecule has 1 amide bonds. The summed E-state index contributed by atoms with van der Waals surface area (Å²) in [6, 6.07) is 18.8. The van der Waals surface area contributed by atoms with Crippen LogP contribution in [-0.2, 0) is 11.2 Å². The number of nitrogens with zero attached hydrogens (tertiary/aromatic N) is 1. The zero-order chi connectivity index (χ0) is 17.1. The monoisotopic (exact) mass is 334 g/mol. The minimum atomic E-state index is 0.278. The van der Waals surface area contributed by atoms with Crippen molar-refractivity contribution >= 4 is 5.91 Å². The lowest BCUT2D eigenvalue weighted by molar-refractivity contribution is -0.130. The minimum absolute atomic E-state index is 0.278. The molecule has 1 N–H and O–H groups in total. The van der Waals surface area contributed by atoms with E-state index in [1.54, 1.807) is 0 Å². The molecular weight excluding hydrogens is 308 g/mol. The van der Waals surface area contributed by atoms with Gasteiger partial charge in [0.2, 0.25) is 5.91 Å². The molecule has 2 saturated heterocycles. The fraction of sp³-hybridized carbons (Fsp3) is 0.409. The van der Waals surface area contributed by atoms with E-state index >= 15 is 0 Å².